The lowest BCUT2D eigenvalue weighted by molar-refractivity contribution is -0.115. The molecule has 19 heavy (non-hydrogen) atoms. The van der Waals surface area contributed by atoms with Gasteiger partial charge in [-0.2, -0.15) is 0 Å². The molecule has 2 aromatic carbocycles. The first kappa shape index (κ1) is 13.9. The largest absolute Gasteiger partial charge is 0.324 e. The average Bonchev–Trinajstić information content (AvgIpc) is 2.38. The standard InChI is InChI=1S/C15H13Cl2NO/c1-10-5-7-11(8-6-10)9-14(19)18-13-4-2-3-12(16)15(13)17/h2-8H,9H2,1H3,(H,18,19). The second-order valence-electron chi connectivity index (χ2n) is 4.31. The van der Waals surface area contributed by atoms with E-state index in [9.17, 15) is 4.79 Å². The van der Waals surface area contributed by atoms with Gasteiger partial charge in [0.2, 0.25) is 5.91 Å². The van der Waals surface area contributed by atoms with E-state index in [1.807, 2.05) is 31.2 Å². The molecule has 0 unspecified atom stereocenters. The third-order valence-electron chi connectivity index (χ3n) is 2.71. The summed E-state index contributed by atoms with van der Waals surface area (Å²) in [6.45, 7) is 2.01. The summed E-state index contributed by atoms with van der Waals surface area (Å²) in [5.41, 5.74) is 2.66. The van der Waals surface area contributed by atoms with E-state index in [-0.39, 0.29) is 5.91 Å². The zero-order valence-corrected chi connectivity index (χ0v) is 11.9. The molecule has 0 radical (unpaired) electrons. The predicted octanol–water partition coefficient (Wildman–Crippen LogP) is 4.48. The van der Waals surface area contributed by atoms with Gasteiger partial charge in [0, 0.05) is 0 Å². The average molecular weight is 294 g/mol. The topological polar surface area (TPSA) is 29.1 Å². The zero-order chi connectivity index (χ0) is 13.8. The summed E-state index contributed by atoms with van der Waals surface area (Å²) in [5.74, 6) is -0.118. The van der Waals surface area contributed by atoms with Crippen LogP contribution in [-0.2, 0) is 11.2 Å². The minimum Gasteiger partial charge on any atom is -0.324 e. The third kappa shape index (κ3) is 3.72. The van der Waals surface area contributed by atoms with E-state index in [0.29, 0.717) is 22.2 Å². The number of carbonyl (C=O) groups is 1. The number of anilines is 1. The Morgan fingerprint density at radius 3 is 2.47 bits per heavy atom. The fourth-order valence-corrected chi connectivity index (χ4v) is 2.03. The molecule has 4 heteroatoms. The highest BCUT2D eigenvalue weighted by molar-refractivity contribution is 6.43. The summed E-state index contributed by atoms with van der Waals surface area (Å²) in [7, 11) is 0. The molecule has 0 heterocycles. The maximum Gasteiger partial charge on any atom is 0.228 e. The van der Waals surface area contributed by atoms with E-state index in [4.69, 9.17) is 23.2 Å². The summed E-state index contributed by atoms with van der Waals surface area (Å²) in [5, 5.41) is 3.55. The molecule has 0 saturated heterocycles. The molecule has 2 aromatic rings. The molecule has 0 spiro atoms. The highest BCUT2D eigenvalue weighted by Crippen LogP contribution is 2.29. The number of amides is 1. The second kappa shape index (κ2) is 6.09. The van der Waals surface area contributed by atoms with E-state index in [1.165, 1.54) is 5.56 Å². The van der Waals surface area contributed by atoms with E-state index in [2.05, 4.69) is 5.32 Å². The van der Waals surface area contributed by atoms with Crippen LogP contribution in [0.1, 0.15) is 11.1 Å². The second-order valence-corrected chi connectivity index (χ2v) is 5.10. The van der Waals surface area contributed by atoms with Crippen LogP contribution in [0.4, 0.5) is 5.69 Å². The number of hydrogen-bond acceptors (Lipinski definition) is 1. The van der Waals surface area contributed by atoms with Crippen LogP contribution in [0.5, 0.6) is 0 Å². The lowest BCUT2D eigenvalue weighted by Crippen LogP contribution is -2.14. The molecule has 1 amide bonds. The summed E-state index contributed by atoms with van der Waals surface area (Å²) >= 11 is 11.9. The number of nitrogens with one attached hydrogen (secondary N) is 1. The Morgan fingerprint density at radius 1 is 1.11 bits per heavy atom. The van der Waals surface area contributed by atoms with Gasteiger partial charge in [-0.1, -0.05) is 59.1 Å². The summed E-state index contributed by atoms with van der Waals surface area (Å²) in [4.78, 5) is 11.9. The van der Waals surface area contributed by atoms with Crippen molar-refractivity contribution < 1.29 is 4.79 Å². The monoisotopic (exact) mass is 293 g/mol. The van der Waals surface area contributed by atoms with Gasteiger partial charge in [-0.3, -0.25) is 4.79 Å². The summed E-state index contributed by atoms with van der Waals surface area (Å²) in [6.07, 6.45) is 0.309. The minimum absolute atomic E-state index is 0.118. The van der Waals surface area contributed by atoms with Gasteiger partial charge in [0.25, 0.3) is 0 Å². The fraction of sp³-hybridized carbons (Fsp3) is 0.133. The van der Waals surface area contributed by atoms with Crippen LogP contribution in [0, 0.1) is 6.92 Å². The van der Waals surface area contributed by atoms with Crippen LogP contribution in [-0.4, -0.2) is 5.91 Å². The first-order chi connectivity index (χ1) is 9.06. The molecule has 1 N–H and O–H groups in total. The van der Waals surface area contributed by atoms with Crippen molar-refractivity contribution in [2.45, 2.75) is 13.3 Å². The number of hydrogen-bond donors (Lipinski definition) is 1. The first-order valence-corrected chi connectivity index (χ1v) is 6.61. The normalized spacial score (nSPS) is 10.3. The van der Waals surface area contributed by atoms with Gasteiger partial charge in [-0.05, 0) is 24.6 Å². The molecule has 2 nitrogen and oxygen atoms in total. The summed E-state index contributed by atoms with van der Waals surface area (Å²) in [6, 6.07) is 13.0. The highest BCUT2D eigenvalue weighted by Gasteiger charge is 2.08. The lowest BCUT2D eigenvalue weighted by atomic mass is 10.1. The number of aryl methyl sites for hydroxylation is 1. The lowest BCUT2D eigenvalue weighted by Gasteiger charge is -2.08. The Bertz CT molecular complexity index is 594. The van der Waals surface area contributed by atoms with E-state index >= 15 is 0 Å². The number of carbonyl (C=O) groups excluding carboxylic acids is 1. The van der Waals surface area contributed by atoms with Crippen molar-refractivity contribution in [3.8, 4) is 0 Å². The number of halogens is 2. The predicted molar refractivity (Wildman–Crippen MR) is 80.0 cm³/mol. The molecule has 0 fully saturated rings. The molecule has 0 aliphatic rings. The quantitative estimate of drug-likeness (QED) is 0.888. The van der Waals surface area contributed by atoms with Crippen LogP contribution in [0.3, 0.4) is 0 Å². The molecule has 0 aromatic heterocycles. The maximum atomic E-state index is 11.9. The van der Waals surface area contributed by atoms with Gasteiger partial charge in [0.05, 0.1) is 22.2 Å². The van der Waals surface area contributed by atoms with Gasteiger partial charge in [-0.15, -0.1) is 0 Å². The van der Waals surface area contributed by atoms with Gasteiger partial charge < -0.3 is 5.32 Å². The molecule has 0 saturated carbocycles. The summed E-state index contributed by atoms with van der Waals surface area (Å²) < 4.78 is 0. The molecule has 0 aliphatic carbocycles. The van der Waals surface area contributed by atoms with Crippen LogP contribution >= 0.6 is 23.2 Å². The smallest absolute Gasteiger partial charge is 0.228 e. The molecule has 0 aliphatic heterocycles. The Morgan fingerprint density at radius 2 is 1.79 bits per heavy atom. The van der Waals surface area contributed by atoms with Crippen LogP contribution < -0.4 is 5.32 Å². The Hall–Kier alpha value is -1.51. The van der Waals surface area contributed by atoms with Gasteiger partial charge in [0.15, 0.2) is 0 Å². The van der Waals surface area contributed by atoms with Gasteiger partial charge in [-0.25, -0.2) is 0 Å². The maximum absolute atomic E-state index is 11.9. The molecule has 0 bridgehead atoms. The van der Waals surface area contributed by atoms with E-state index in [1.54, 1.807) is 18.2 Å². The van der Waals surface area contributed by atoms with Crippen LogP contribution in [0.25, 0.3) is 0 Å². The Kier molecular flexibility index (Phi) is 4.46. The number of benzene rings is 2. The molecule has 0 atom stereocenters. The van der Waals surface area contributed by atoms with Crippen molar-refractivity contribution in [1.82, 2.24) is 0 Å². The number of rotatable bonds is 3. The first-order valence-electron chi connectivity index (χ1n) is 5.85. The van der Waals surface area contributed by atoms with Gasteiger partial charge >= 0.3 is 0 Å². The molecule has 2 rings (SSSR count). The van der Waals surface area contributed by atoms with Crippen molar-refractivity contribution in [3.63, 3.8) is 0 Å². The van der Waals surface area contributed by atoms with E-state index < -0.39 is 0 Å². The van der Waals surface area contributed by atoms with Gasteiger partial charge in [0.1, 0.15) is 0 Å². The van der Waals surface area contributed by atoms with Crippen molar-refractivity contribution in [2.75, 3.05) is 5.32 Å². The molecule has 98 valence electrons. The Balaban J connectivity index is 2.05. The SMILES string of the molecule is Cc1ccc(CC(=O)Nc2cccc(Cl)c2Cl)cc1. The molecular weight excluding hydrogens is 281 g/mol. The fourth-order valence-electron chi connectivity index (χ4n) is 1.69. The van der Waals surface area contributed by atoms with Crippen molar-refractivity contribution in [2.24, 2.45) is 0 Å². The zero-order valence-electron chi connectivity index (χ0n) is 10.4. The van der Waals surface area contributed by atoms with Crippen molar-refractivity contribution in [3.05, 3.63) is 63.6 Å². The van der Waals surface area contributed by atoms with Crippen LogP contribution in [0.2, 0.25) is 10.0 Å². The molecular formula is C15H13Cl2NO. The van der Waals surface area contributed by atoms with Crippen molar-refractivity contribution in [1.29, 1.82) is 0 Å². The Labute approximate surface area is 122 Å². The van der Waals surface area contributed by atoms with Crippen LogP contribution in [0.15, 0.2) is 42.5 Å². The highest BCUT2D eigenvalue weighted by atomic mass is 35.5. The third-order valence-corrected chi connectivity index (χ3v) is 3.53. The van der Waals surface area contributed by atoms with E-state index in [0.717, 1.165) is 5.56 Å². The minimum atomic E-state index is -0.118. The van der Waals surface area contributed by atoms with Crippen molar-refractivity contribution >= 4 is 34.8 Å².